The van der Waals surface area contributed by atoms with E-state index in [0.29, 0.717) is 11.7 Å². The Morgan fingerprint density at radius 1 is 1.08 bits per heavy atom. The lowest BCUT2D eigenvalue weighted by molar-refractivity contribution is 0.0371. The number of ether oxygens (including phenoxy) is 1. The second kappa shape index (κ2) is 7.06. The predicted molar refractivity (Wildman–Crippen MR) is 87.4 cm³/mol. The molecular formula is C16H20N6O2. The summed E-state index contributed by atoms with van der Waals surface area (Å²) in [5.41, 5.74) is 2.51. The quantitative estimate of drug-likeness (QED) is 0.688. The molecule has 1 aliphatic rings. The van der Waals surface area contributed by atoms with E-state index >= 15 is 0 Å². The van der Waals surface area contributed by atoms with E-state index in [4.69, 9.17) is 9.26 Å². The molecule has 1 aliphatic heterocycles. The number of H-pyrrole nitrogens is 1. The average Bonchev–Trinajstić information content (AvgIpc) is 3.28. The molecule has 0 radical (unpaired) electrons. The molecule has 0 unspecified atom stereocenters. The van der Waals surface area contributed by atoms with Crippen molar-refractivity contribution in [2.45, 2.75) is 19.3 Å². The number of hydrogen-bond acceptors (Lipinski definition) is 7. The van der Waals surface area contributed by atoms with Crippen LogP contribution in [0.3, 0.4) is 0 Å². The van der Waals surface area contributed by atoms with E-state index in [2.05, 4.69) is 30.5 Å². The second-order valence-corrected chi connectivity index (χ2v) is 5.95. The lowest BCUT2D eigenvalue weighted by atomic mass is 10.2. The summed E-state index contributed by atoms with van der Waals surface area (Å²) < 4.78 is 10.7. The Bertz CT molecular complexity index is 793. The van der Waals surface area contributed by atoms with E-state index in [1.807, 2.05) is 18.2 Å². The van der Waals surface area contributed by atoms with Crippen LogP contribution in [-0.2, 0) is 11.2 Å². The number of aryl methyl sites for hydroxylation is 1. The van der Waals surface area contributed by atoms with Gasteiger partial charge in [-0.2, -0.15) is 20.4 Å². The normalized spacial score (nSPS) is 16.0. The maximum absolute atomic E-state index is 5.37. The molecule has 8 heteroatoms. The monoisotopic (exact) mass is 328 g/mol. The molecule has 0 saturated carbocycles. The van der Waals surface area contributed by atoms with Crippen molar-refractivity contribution in [3.63, 3.8) is 0 Å². The van der Waals surface area contributed by atoms with Gasteiger partial charge in [0.15, 0.2) is 0 Å². The summed E-state index contributed by atoms with van der Waals surface area (Å²) in [6.07, 6.45) is 2.98. The number of morpholine rings is 1. The summed E-state index contributed by atoms with van der Waals surface area (Å²) in [6.45, 7) is 4.88. The summed E-state index contributed by atoms with van der Waals surface area (Å²) in [5.74, 6) is 1.29. The van der Waals surface area contributed by atoms with Crippen LogP contribution in [0.25, 0.3) is 22.4 Å². The van der Waals surface area contributed by atoms with Gasteiger partial charge in [-0.1, -0.05) is 5.16 Å². The maximum Gasteiger partial charge on any atom is 0.226 e. The zero-order chi connectivity index (χ0) is 16.2. The number of aromatic amines is 1. The van der Waals surface area contributed by atoms with Crippen LogP contribution in [-0.4, -0.2) is 63.3 Å². The average molecular weight is 328 g/mol. The minimum absolute atomic E-state index is 0.600. The van der Waals surface area contributed by atoms with Crippen LogP contribution < -0.4 is 0 Å². The van der Waals surface area contributed by atoms with Crippen molar-refractivity contribution in [1.82, 2.24) is 30.5 Å². The maximum atomic E-state index is 5.37. The summed E-state index contributed by atoms with van der Waals surface area (Å²) >= 11 is 0. The van der Waals surface area contributed by atoms with Crippen LogP contribution in [0.4, 0.5) is 0 Å². The first kappa shape index (κ1) is 15.2. The van der Waals surface area contributed by atoms with E-state index in [9.17, 15) is 0 Å². The Kier molecular flexibility index (Phi) is 4.48. The van der Waals surface area contributed by atoms with Gasteiger partial charge < -0.3 is 9.26 Å². The number of nitrogens with one attached hydrogen (secondary N) is 1. The Balaban J connectivity index is 1.31. The lowest BCUT2D eigenvalue weighted by Gasteiger charge is -2.26. The van der Waals surface area contributed by atoms with Crippen molar-refractivity contribution >= 4 is 11.0 Å². The topological polar surface area (TPSA) is 93.0 Å². The fourth-order valence-corrected chi connectivity index (χ4v) is 2.89. The molecule has 0 bridgehead atoms. The van der Waals surface area contributed by atoms with Crippen molar-refractivity contribution in [3.05, 3.63) is 24.1 Å². The minimum Gasteiger partial charge on any atom is -0.379 e. The Morgan fingerprint density at radius 3 is 2.88 bits per heavy atom. The Labute approximate surface area is 139 Å². The van der Waals surface area contributed by atoms with Crippen LogP contribution in [0.15, 0.2) is 22.7 Å². The molecule has 0 atom stereocenters. The van der Waals surface area contributed by atoms with Gasteiger partial charge in [-0.3, -0.25) is 4.90 Å². The van der Waals surface area contributed by atoms with Crippen molar-refractivity contribution < 1.29 is 9.26 Å². The van der Waals surface area contributed by atoms with E-state index in [1.54, 1.807) is 0 Å². The third-order valence-electron chi connectivity index (χ3n) is 4.26. The number of rotatable bonds is 6. The van der Waals surface area contributed by atoms with Gasteiger partial charge in [0.2, 0.25) is 11.7 Å². The largest absolute Gasteiger partial charge is 0.379 e. The van der Waals surface area contributed by atoms with Gasteiger partial charge in [0, 0.05) is 25.1 Å². The first-order chi connectivity index (χ1) is 11.9. The number of fused-ring (bicyclic) bond motifs is 1. The predicted octanol–water partition coefficient (Wildman–Crippen LogP) is 1.66. The molecule has 1 saturated heterocycles. The zero-order valence-electron chi connectivity index (χ0n) is 13.4. The van der Waals surface area contributed by atoms with Gasteiger partial charge in [-0.05, 0) is 37.6 Å². The highest BCUT2D eigenvalue weighted by Gasteiger charge is 2.12. The third-order valence-corrected chi connectivity index (χ3v) is 4.26. The molecule has 4 rings (SSSR count). The van der Waals surface area contributed by atoms with Crippen molar-refractivity contribution in [2.75, 3.05) is 32.8 Å². The lowest BCUT2D eigenvalue weighted by Crippen LogP contribution is -2.36. The van der Waals surface area contributed by atoms with Gasteiger partial charge in [0.05, 0.1) is 13.2 Å². The minimum atomic E-state index is 0.600. The molecule has 24 heavy (non-hydrogen) atoms. The van der Waals surface area contributed by atoms with Gasteiger partial charge in [-0.15, -0.1) is 0 Å². The fourth-order valence-electron chi connectivity index (χ4n) is 2.89. The van der Waals surface area contributed by atoms with Crippen LogP contribution >= 0.6 is 0 Å². The molecule has 3 heterocycles. The van der Waals surface area contributed by atoms with Gasteiger partial charge in [0.25, 0.3) is 0 Å². The third kappa shape index (κ3) is 3.44. The smallest absolute Gasteiger partial charge is 0.226 e. The van der Waals surface area contributed by atoms with Crippen molar-refractivity contribution in [2.24, 2.45) is 0 Å². The summed E-state index contributed by atoms with van der Waals surface area (Å²) in [4.78, 5) is 6.93. The standard InChI is InChI=1S/C16H20N6O2/c1(2-6-22-7-9-23-10-8-22)3-15-17-16(20-24-15)12-4-5-13-14(11-12)19-21-18-13/h4-5,11H,1-3,6-10H2,(H,18,19,21). The first-order valence-corrected chi connectivity index (χ1v) is 8.32. The highest BCUT2D eigenvalue weighted by Crippen LogP contribution is 2.20. The van der Waals surface area contributed by atoms with Gasteiger partial charge >= 0.3 is 0 Å². The second-order valence-electron chi connectivity index (χ2n) is 5.95. The number of unbranched alkanes of at least 4 members (excludes halogenated alkanes) is 1. The van der Waals surface area contributed by atoms with Crippen molar-refractivity contribution in [3.8, 4) is 11.4 Å². The molecule has 1 aromatic carbocycles. The van der Waals surface area contributed by atoms with Crippen molar-refractivity contribution in [1.29, 1.82) is 0 Å². The number of aromatic nitrogens is 5. The van der Waals surface area contributed by atoms with E-state index in [-0.39, 0.29) is 0 Å². The van der Waals surface area contributed by atoms with E-state index < -0.39 is 0 Å². The Hall–Kier alpha value is -2.32. The van der Waals surface area contributed by atoms with Crippen LogP contribution in [0.1, 0.15) is 18.7 Å². The van der Waals surface area contributed by atoms with Crippen LogP contribution in [0.2, 0.25) is 0 Å². The summed E-state index contributed by atoms with van der Waals surface area (Å²) in [7, 11) is 0. The highest BCUT2D eigenvalue weighted by atomic mass is 16.5. The molecule has 0 amide bonds. The van der Waals surface area contributed by atoms with E-state index in [1.165, 1.54) is 0 Å². The molecule has 2 aromatic heterocycles. The molecule has 0 spiro atoms. The van der Waals surface area contributed by atoms with Gasteiger partial charge in [0.1, 0.15) is 11.0 Å². The molecule has 3 aromatic rings. The molecule has 1 fully saturated rings. The highest BCUT2D eigenvalue weighted by molar-refractivity contribution is 5.79. The van der Waals surface area contributed by atoms with E-state index in [0.717, 1.165) is 68.7 Å². The van der Waals surface area contributed by atoms with Gasteiger partial charge in [-0.25, -0.2) is 0 Å². The molecule has 8 nitrogen and oxygen atoms in total. The molecule has 0 aliphatic carbocycles. The van der Waals surface area contributed by atoms with Crippen LogP contribution in [0, 0.1) is 0 Å². The van der Waals surface area contributed by atoms with Crippen LogP contribution in [0.5, 0.6) is 0 Å². The fraction of sp³-hybridized carbons (Fsp3) is 0.500. The molecular weight excluding hydrogens is 308 g/mol. The summed E-state index contributed by atoms with van der Waals surface area (Å²) in [6, 6.07) is 5.73. The summed E-state index contributed by atoms with van der Waals surface area (Å²) in [5, 5.41) is 14.8. The SMILES string of the molecule is c1cc2n[nH]nc2cc1-c1noc(CCCCN2CCOCC2)n1. The Morgan fingerprint density at radius 2 is 1.96 bits per heavy atom. The zero-order valence-corrected chi connectivity index (χ0v) is 13.4. The number of nitrogens with zero attached hydrogens (tertiary/aromatic N) is 5. The first-order valence-electron chi connectivity index (χ1n) is 8.32. The number of hydrogen-bond donors (Lipinski definition) is 1. The molecule has 1 N–H and O–H groups in total. The molecule has 126 valence electrons. The number of benzene rings is 1.